The lowest BCUT2D eigenvalue weighted by Crippen LogP contribution is -2.50. The molecule has 1 aromatic heterocycles. The highest BCUT2D eigenvalue weighted by atomic mass is 127. The summed E-state index contributed by atoms with van der Waals surface area (Å²) in [5.41, 5.74) is 0. The molecule has 0 aromatic carbocycles. The first-order valence-electron chi connectivity index (χ1n) is 10.2. The Hall–Kier alpha value is -0.850. The fourth-order valence-electron chi connectivity index (χ4n) is 3.07. The number of hydrogen-bond acceptors (Lipinski definition) is 5. The van der Waals surface area contributed by atoms with Crippen LogP contribution in [0.3, 0.4) is 0 Å². The molecule has 1 fully saturated rings. The van der Waals surface area contributed by atoms with Crippen molar-refractivity contribution in [3.63, 3.8) is 0 Å². The van der Waals surface area contributed by atoms with Crippen LogP contribution in [0.25, 0.3) is 0 Å². The van der Waals surface area contributed by atoms with Crippen LogP contribution in [0.15, 0.2) is 27.8 Å². The van der Waals surface area contributed by atoms with Crippen LogP contribution in [0.2, 0.25) is 0 Å². The predicted molar refractivity (Wildman–Crippen MR) is 126 cm³/mol. The summed E-state index contributed by atoms with van der Waals surface area (Å²) in [6.07, 6.45) is 4.87. The van der Waals surface area contributed by atoms with Gasteiger partial charge in [-0.1, -0.05) is 0 Å². The number of sulfonamides is 1. The highest BCUT2D eigenvalue weighted by Crippen LogP contribution is 2.14. The zero-order valence-electron chi connectivity index (χ0n) is 17.4. The highest BCUT2D eigenvalue weighted by Gasteiger charge is 2.27. The molecule has 168 valence electrons. The van der Waals surface area contributed by atoms with Crippen molar-refractivity contribution < 1.29 is 17.6 Å². The van der Waals surface area contributed by atoms with Crippen molar-refractivity contribution in [2.75, 3.05) is 45.1 Å². The molecule has 0 aliphatic carbocycles. The van der Waals surface area contributed by atoms with Crippen LogP contribution in [0.5, 0.6) is 0 Å². The van der Waals surface area contributed by atoms with Crippen LogP contribution in [0, 0.1) is 0 Å². The molecule has 1 aromatic rings. The van der Waals surface area contributed by atoms with Gasteiger partial charge in [-0.25, -0.2) is 12.7 Å². The van der Waals surface area contributed by atoms with E-state index in [4.69, 9.17) is 9.15 Å². The van der Waals surface area contributed by atoms with Gasteiger partial charge in [0.25, 0.3) is 0 Å². The van der Waals surface area contributed by atoms with Crippen molar-refractivity contribution in [1.29, 1.82) is 0 Å². The van der Waals surface area contributed by atoms with Gasteiger partial charge in [-0.05, 0) is 45.2 Å². The van der Waals surface area contributed by atoms with Crippen LogP contribution < -0.4 is 10.6 Å². The standard InChI is InChI=1S/C19H34N4O4S.HI/c1-3-26-15-6-11-20-19(21-12-8-18-7-5-16-27-18)22-17-9-13-23(14-10-17)28(24,25)4-2;/h5,7,16-17H,3-4,6,8-15H2,1-2H3,(H2,20,21,22);1H. The third-order valence-electron chi connectivity index (χ3n) is 4.72. The number of nitrogens with one attached hydrogen (secondary N) is 2. The Morgan fingerprint density at radius 3 is 2.72 bits per heavy atom. The van der Waals surface area contributed by atoms with Crippen molar-refractivity contribution in [1.82, 2.24) is 14.9 Å². The zero-order chi connectivity index (χ0) is 20.2. The van der Waals surface area contributed by atoms with E-state index in [0.29, 0.717) is 32.8 Å². The molecule has 0 atom stereocenters. The van der Waals surface area contributed by atoms with Crippen LogP contribution in [0.1, 0.15) is 38.9 Å². The molecule has 2 heterocycles. The number of furan rings is 1. The minimum absolute atomic E-state index is 0. The molecule has 2 N–H and O–H groups in total. The van der Waals surface area contributed by atoms with E-state index in [1.807, 2.05) is 19.1 Å². The quantitative estimate of drug-likeness (QED) is 0.193. The molecule has 0 bridgehead atoms. The lowest BCUT2D eigenvalue weighted by molar-refractivity contribution is 0.146. The molecule has 0 saturated carbocycles. The first-order valence-corrected chi connectivity index (χ1v) is 11.8. The van der Waals surface area contributed by atoms with E-state index in [0.717, 1.165) is 44.0 Å². The number of nitrogens with zero attached hydrogens (tertiary/aromatic N) is 2. The van der Waals surface area contributed by atoms with E-state index >= 15 is 0 Å². The Labute approximate surface area is 191 Å². The van der Waals surface area contributed by atoms with E-state index < -0.39 is 10.0 Å². The summed E-state index contributed by atoms with van der Waals surface area (Å²) in [5.74, 6) is 1.85. The van der Waals surface area contributed by atoms with Gasteiger partial charge in [0.05, 0.1) is 12.0 Å². The van der Waals surface area contributed by atoms with Crippen LogP contribution in [-0.4, -0.2) is 69.9 Å². The van der Waals surface area contributed by atoms with E-state index in [1.54, 1.807) is 17.5 Å². The number of piperidine rings is 1. The van der Waals surface area contributed by atoms with Gasteiger partial charge in [0.15, 0.2) is 5.96 Å². The summed E-state index contributed by atoms with van der Waals surface area (Å²) in [6, 6.07) is 4.05. The van der Waals surface area contributed by atoms with E-state index in [9.17, 15) is 8.42 Å². The van der Waals surface area contributed by atoms with Gasteiger partial charge in [-0.3, -0.25) is 4.99 Å². The summed E-state index contributed by atoms with van der Waals surface area (Å²) >= 11 is 0. The Balaban J connectivity index is 0.00000420. The average Bonchev–Trinajstić information content (AvgIpc) is 3.21. The van der Waals surface area contributed by atoms with E-state index in [2.05, 4.69) is 15.6 Å². The second-order valence-corrected chi connectivity index (χ2v) is 9.01. The average molecular weight is 542 g/mol. The van der Waals surface area contributed by atoms with E-state index in [-0.39, 0.29) is 35.8 Å². The molecule has 8 nitrogen and oxygen atoms in total. The van der Waals surface area contributed by atoms with Crippen LogP contribution >= 0.6 is 24.0 Å². The Kier molecular flexibility index (Phi) is 12.8. The molecule has 1 aliphatic rings. The molecule has 1 saturated heterocycles. The fraction of sp³-hybridized carbons (Fsp3) is 0.737. The fourth-order valence-corrected chi connectivity index (χ4v) is 4.20. The van der Waals surface area contributed by atoms with Gasteiger partial charge in [-0.15, -0.1) is 24.0 Å². The molecule has 0 unspecified atom stereocenters. The third-order valence-corrected chi connectivity index (χ3v) is 6.60. The lowest BCUT2D eigenvalue weighted by atomic mass is 10.1. The van der Waals surface area contributed by atoms with Crippen molar-refractivity contribution in [3.8, 4) is 0 Å². The van der Waals surface area contributed by atoms with Gasteiger partial charge in [0, 0.05) is 51.9 Å². The van der Waals surface area contributed by atoms with Gasteiger partial charge in [-0.2, -0.15) is 0 Å². The molecule has 1 aliphatic heterocycles. The minimum atomic E-state index is -3.10. The molecule has 29 heavy (non-hydrogen) atoms. The normalized spacial score (nSPS) is 16.4. The maximum atomic E-state index is 12.0. The minimum Gasteiger partial charge on any atom is -0.469 e. The maximum absolute atomic E-state index is 12.0. The number of aliphatic imine (C=N–C) groups is 1. The molecule has 2 rings (SSSR count). The molecule has 0 spiro atoms. The predicted octanol–water partition coefficient (Wildman–Crippen LogP) is 2.22. The summed E-state index contributed by atoms with van der Waals surface area (Å²) in [5, 5.41) is 6.82. The number of hydrogen-bond donors (Lipinski definition) is 2. The zero-order valence-corrected chi connectivity index (χ0v) is 20.6. The van der Waals surface area contributed by atoms with Gasteiger partial charge in [0.1, 0.15) is 5.76 Å². The van der Waals surface area contributed by atoms with Gasteiger partial charge < -0.3 is 19.8 Å². The van der Waals surface area contributed by atoms with Crippen molar-refractivity contribution >= 4 is 40.0 Å². The summed E-state index contributed by atoms with van der Waals surface area (Å²) < 4.78 is 36.3. The summed E-state index contributed by atoms with van der Waals surface area (Å²) in [6.45, 7) is 7.60. The largest absolute Gasteiger partial charge is 0.469 e. The Morgan fingerprint density at radius 1 is 1.34 bits per heavy atom. The molecule has 0 amide bonds. The maximum Gasteiger partial charge on any atom is 0.213 e. The van der Waals surface area contributed by atoms with Crippen LogP contribution in [-0.2, 0) is 21.2 Å². The van der Waals surface area contributed by atoms with Gasteiger partial charge >= 0.3 is 0 Å². The number of ether oxygens (including phenoxy) is 1. The summed E-state index contributed by atoms with van der Waals surface area (Å²) in [7, 11) is -3.10. The molecule has 10 heteroatoms. The monoisotopic (exact) mass is 542 g/mol. The molecule has 0 radical (unpaired) electrons. The number of rotatable bonds is 11. The van der Waals surface area contributed by atoms with Crippen molar-refractivity contribution in [3.05, 3.63) is 24.2 Å². The van der Waals surface area contributed by atoms with Gasteiger partial charge in [0.2, 0.25) is 10.0 Å². The highest BCUT2D eigenvalue weighted by molar-refractivity contribution is 14.0. The summed E-state index contributed by atoms with van der Waals surface area (Å²) in [4.78, 5) is 4.64. The Morgan fingerprint density at radius 2 is 2.10 bits per heavy atom. The topological polar surface area (TPSA) is 96.2 Å². The third kappa shape index (κ3) is 9.67. The molecular weight excluding hydrogens is 507 g/mol. The first kappa shape index (κ1) is 26.2. The smallest absolute Gasteiger partial charge is 0.213 e. The Bertz CT molecular complexity index is 674. The number of guanidine groups is 1. The van der Waals surface area contributed by atoms with Crippen molar-refractivity contribution in [2.24, 2.45) is 4.99 Å². The first-order chi connectivity index (χ1) is 13.5. The lowest BCUT2D eigenvalue weighted by Gasteiger charge is -2.32. The van der Waals surface area contributed by atoms with E-state index in [1.165, 1.54) is 0 Å². The SMILES string of the molecule is CCOCCCN=C(NCCc1ccco1)NC1CCN(S(=O)(=O)CC)CC1.I. The number of halogens is 1. The second kappa shape index (κ2) is 14.2. The van der Waals surface area contributed by atoms with Crippen LogP contribution in [0.4, 0.5) is 0 Å². The molecular formula is C19H35IN4O4S. The van der Waals surface area contributed by atoms with Crippen molar-refractivity contribution in [2.45, 2.75) is 45.6 Å². The second-order valence-electron chi connectivity index (χ2n) is 6.76.